The summed E-state index contributed by atoms with van der Waals surface area (Å²) in [4.78, 5) is 0. The Hall–Kier alpha value is -0.160. The summed E-state index contributed by atoms with van der Waals surface area (Å²) >= 11 is 0. The Kier molecular flexibility index (Phi) is 3.68. The molecule has 4 heteroatoms. The molecule has 0 bridgehead atoms. The van der Waals surface area contributed by atoms with Gasteiger partial charge in [-0.05, 0) is 97.2 Å². The second kappa shape index (κ2) is 5.55. The molecule has 28 heavy (non-hydrogen) atoms. The zero-order valence-corrected chi connectivity index (χ0v) is 17.7. The molecule has 6 saturated carbocycles. The summed E-state index contributed by atoms with van der Waals surface area (Å²) in [5.41, 5.74) is -0.500. The lowest BCUT2D eigenvalue weighted by atomic mass is 9.43. The lowest BCUT2D eigenvalue weighted by Crippen LogP contribution is -2.64. The third-order valence-corrected chi connectivity index (χ3v) is 11.0. The van der Waals surface area contributed by atoms with Crippen LogP contribution in [0.1, 0.15) is 72.1 Å². The van der Waals surface area contributed by atoms with Gasteiger partial charge < -0.3 is 20.1 Å². The van der Waals surface area contributed by atoms with Crippen molar-refractivity contribution in [2.24, 2.45) is 52.3 Å². The zero-order chi connectivity index (χ0) is 19.6. The Balaban J connectivity index is 1.35. The van der Waals surface area contributed by atoms with Crippen molar-refractivity contribution in [1.82, 2.24) is 0 Å². The topological polar surface area (TPSA) is 69.9 Å². The van der Waals surface area contributed by atoms with E-state index in [-0.39, 0.29) is 23.0 Å². The van der Waals surface area contributed by atoms with E-state index in [1.807, 2.05) is 6.92 Å². The highest BCUT2D eigenvalue weighted by molar-refractivity contribution is 5.27. The van der Waals surface area contributed by atoms with Crippen LogP contribution in [0.15, 0.2) is 0 Å². The normalized spacial score (nSPS) is 64.7. The summed E-state index contributed by atoms with van der Waals surface area (Å²) in [6.07, 6.45) is 7.14. The first-order valence-electron chi connectivity index (χ1n) is 12.0. The van der Waals surface area contributed by atoms with Gasteiger partial charge >= 0.3 is 0 Å². The maximum atomic E-state index is 11.8. The van der Waals surface area contributed by atoms with Crippen molar-refractivity contribution in [3.05, 3.63) is 0 Å². The first kappa shape index (κ1) is 18.6. The van der Waals surface area contributed by atoms with Crippen molar-refractivity contribution >= 4 is 0 Å². The van der Waals surface area contributed by atoms with Gasteiger partial charge in [-0.3, -0.25) is 0 Å². The molecule has 0 aliphatic heterocycles. The molecule has 6 rings (SSSR count). The second-order valence-electron chi connectivity index (χ2n) is 12.0. The Morgan fingerprint density at radius 1 is 1.04 bits per heavy atom. The van der Waals surface area contributed by atoms with E-state index in [1.54, 1.807) is 0 Å². The summed E-state index contributed by atoms with van der Waals surface area (Å²) in [5.74, 6) is 4.47. The standard InChI is InChI=1S/C24H38O4/c1-4-18(26)28-21-14-9-13(14)20-19-15-10-17(15)24(27)11-12(25)5-8-23(24,3)16(19)6-7-22(20,21)2/h12-21,25-27H,4-11H2,1-3H3. The van der Waals surface area contributed by atoms with Crippen LogP contribution in [0.3, 0.4) is 0 Å². The molecule has 0 spiro atoms. The maximum Gasteiger partial charge on any atom is 0.154 e. The predicted octanol–water partition coefficient (Wildman–Crippen LogP) is 3.33. The number of aliphatic hydroxyl groups excluding tert-OH is 2. The number of rotatable bonds is 3. The summed E-state index contributed by atoms with van der Waals surface area (Å²) in [6.45, 7) is 6.82. The van der Waals surface area contributed by atoms with Crippen LogP contribution in [0.5, 0.6) is 0 Å². The van der Waals surface area contributed by atoms with Gasteiger partial charge in [-0.25, -0.2) is 0 Å². The van der Waals surface area contributed by atoms with Crippen molar-refractivity contribution in [1.29, 1.82) is 0 Å². The molecule has 0 radical (unpaired) electrons. The van der Waals surface area contributed by atoms with Gasteiger partial charge in [0.05, 0.1) is 17.8 Å². The van der Waals surface area contributed by atoms with Gasteiger partial charge in [-0.2, -0.15) is 0 Å². The number of fused-ring (bicyclic) bond motifs is 10. The van der Waals surface area contributed by atoms with Crippen molar-refractivity contribution in [2.75, 3.05) is 0 Å². The van der Waals surface area contributed by atoms with Crippen molar-refractivity contribution < 1.29 is 20.1 Å². The molecule has 13 atom stereocenters. The Morgan fingerprint density at radius 3 is 2.57 bits per heavy atom. The molecule has 158 valence electrons. The van der Waals surface area contributed by atoms with Crippen LogP contribution >= 0.6 is 0 Å². The first-order chi connectivity index (χ1) is 13.2. The van der Waals surface area contributed by atoms with E-state index in [9.17, 15) is 15.3 Å². The molecule has 0 heterocycles. The van der Waals surface area contributed by atoms with Crippen LogP contribution in [-0.2, 0) is 4.74 Å². The molecule has 0 aromatic rings. The Morgan fingerprint density at radius 2 is 1.82 bits per heavy atom. The summed E-state index contributed by atoms with van der Waals surface area (Å²) in [7, 11) is 0. The van der Waals surface area contributed by atoms with E-state index in [0.29, 0.717) is 48.3 Å². The third-order valence-electron chi connectivity index (χ3n) is 11.0. The summed E-state index contributed by atoms with van der Waals surface area (Å²) in [5, 5.41) is 32.4. The molecular formula is C24H38O4. The quantitative estimate of drug-likeness (QED) is 0.647. The molecule has 13 unspecified atom stereocenters. The molecule has 4 nitrogen and oxygen atoms in total. The molecule has 3 N–H and O–H groups in total. The first-order valence-corrected chi connectivity index (χ1v) is 12.0. The fraction of sp³-hybridized carbons (Fsp3) is 1.00. The molecule has 6 fully saturated rings. The molecule has 0 saturated heterocycles. The van der Waals surface area contributed by atoms with Gasteiger partial charge in [-0.1, -0.05) is 20.8 Å². The maximum absolute atomic E-state index is 11.8. The second-order valence-corrected chi connectivity index (χ2v) is 12.0. The van der Waals surface area contributed by atoms with Crippen LogP contribution in [0, 0.1) is 52.3 Å². The van der Waals surface area contributed by atoms with Crippen LogP contribution in [-0.4, -0.2) is 39.4 Å². The highest BCUT2D eigenvalue weighted by Gasteiger charge is 2.78. The fourth-order valence-electron chi connectivity index (χ4n) is 9.59. The highest BCUT2D eigenvalue weighted by atomic mass is 16.6. The van der Waals surface area contributed by atoms with Crippen molar-refractivity contribution in [2.45, 2.75) is 96.2 Å². The fourth-order valence-corrected chi connectivity index (χ4v) is 9.59. The van der Waals surface area contributed by atoms with Crippen molar-refractivity contribution in [3.8, 4) is 0 Å². The predicted molar refractivity (Wildman–Crippen MR) is 105 cm³/mol. The lowest BCUT2D eigenvalue weighted by molar-refractivity contribution is -0.239. The van der Waals surface area contributed by atoms with Gasteiger partial charge in [0.15, 0.2) is 6.29 Å². The molecule has 0 aromatic heterocycles. The van der Waals surface area contributed by atoms with Gasteiger partial charge in [-0.15, -0.1) is 0 Å². The summed E-state index contributed by atoms with van der Waals surface area (Å²) in [6, 6.07) is 0. The zero-order valence-electron chi connectivity index (χ0n) is 17.7. The molecule has 6 aliphatic carbocycles. The largest absolute Gasteiger partial charge is 0.393 e. The SMILES string of the molecule is CCC(O)OC1C2CC2C2C3C4CC4C4(O)CC(O)CCC4(C)C3CCC12C. The third kappa shape index (κ3) is 2.07. The van der Waals surface area contributed by atoms with Gasteiger partial charge in [0.1, 0.15) is 0 Å². The minimum atomic E-state index is -0.653. The average molecular weight is 391 g/mol. The molecule has 0 aromatic carbocycles. The molecule has 0 amide bonds. The van der Waals surface area contributed by atoms with E-state index in [4.69, 9.17) is 4.74 Å². The lowest BCUT2D eigenvalue weighted by Gasteiger charge is -2.64. The highest BCUT2D eigenvalue weighted by Crippen LogP contribution is 2.80. The Labute approximate surface area is 169 Å². The number of ether oxygens (including phenoxy) is 1. The number of hydrogen-bond acceptors (Lipinski definition) is 4. The van der Waals surface area contributed by atoms with Crippen molar-refractivity contribution in [3.63, 3.8) is 0 Å². The van der Waals surface area contributed by atoms with E-state index in [2.05, 4.69) is 13.8 Å². The molecule has 6 aliphatic rings. The van der Waals surface area contributed by atoms with Crippen LogP contribution in [0.2, 0.25) is 0 Å². The number of hydrogen-bond donors (Lipinski definition) is 3. The average Bonchev–Trinajstić information content (AvgIpc) is 3.55. The monoisotopic (exact) mass is 390 g/mol. The van der Waals surface area contributed by atoms with Gasteiger partial charge in [0.25, 0.3) is 0 Å². The van der Waals surface area contributed by atoms with Crippen LogP contribution in [0.25, 0.3) is 0 Å². The van der Waals surface area contributed by atoms with Crippen LogP contribution in [0.4, 0.5) is 0 Å². The minimum absolute atomic E-state index is 0.0395. The summed E-state index contributed by atoms with van der Waals surface area (Å²) < 4.78 is 6.25. The van der Waals surface area contributed by atoms with E-state index >= 15 is 0 Å². The Bertz CT molecular complexity index is 682. The van der Waals surface area contributed by atoms with E-state index in [1.165, 1.54) is 19.3 Å². The van der Waals surface area contributed by atoms with E-state index in [0.717, 1.165) is 25.2 Å². The van der Waals surface area contributed by atoms with Gasteiger partial charge in [0, 0.05) is 6.42 Å². The molecular weight excluding hydrogens is 352 g/mol. The van der Waals surface area contributed by atoms with E-state index < -0.39 is 11.9 Å². The minimum Gasteiger partial charge on any atom is -0.393 e. The van der Waals surface area contributed by atoms with Crippen LogP contribution < -0.4 is 0 Å². The van der Waals surface area contributed by atoms with Gasteiger partial charge in [0.2, 0.25) is 0 Å². The smallest absolute Gasteiger partial charge is 0.154 e. The number of aliphatic hydroxyl groups is 3.